The van der Waals surface area contributed by atoms with E-state index in [1.165, 1.54) is 19.3 Å². The third-order valence-electron chi connectivity index (χ3n) is 4.47. The molecule has 3 rings (SSSR count). The fourth-order valence-corrected chi connectivity index (χ4v) is 3.38. The van der Waals surface area contributed by atoms with Gasteiger partial charge in [-0.1, -0.05) is 18.0 Å². The summed E-state index contributed by atoms with van der Waals surface area (Å²) in [5.41, 5.74) is 3.26. The first-order valence-electron chi connectivity index (χ1n) is 6.85. The predicted octanol–water partition coefficient (Wildman–Crippen LogP) is 5.10. The summed E-state index contributed by atoms with van der Waals surface area (Å²) in [6.07, 6.45) is 3.96. The van der Waals surface area contributed by atoms with Crippen molar-refractivity contribution in [1.29, 1.82) is 0 Å². The second kappa shape index (κ2) is 4.99. The van der Waals surface area contributed by atoms with Gasteiger partial charge in [0.15, 0.2) is 0 Å². The Hall–Kier alpha value is -0.730. The third kappa shape index (κ3) is 2.05. The molecule has 0 radical (unpaired) electrons. The zero-order chi connectivity index (χ0) is 13.6. The molecule has 19 heavy (non-hydrogen) atoms. The Morgan fingerprint density at radius 3 is 2.74 bits per heavy atom. The second-order valence-corrected chi connectivity index (χ2v) is 6.18. The first-order chi connectivity index (χ1) is 9.13. The molecule has 2 aromatic rings. The maximum Gasteiger partial charge on any atom is 0.125 e. The van der Waals surface area contributed by atoms with Gasteiger partial charge in [0, 0.05) is 11.1 Å². The Kier molecular flexibility index (Phi) is 3.48. The molecule has 1 aliphatic rings. The topological polar surface area (TPSA) is 17.8 Å². The van der Waals surface area contributed by atoms with E-state index in [9.17, 15) is 0 Å². The van der Waals surface area contributed by atoms with E-state index in [1.54, 1.807) is 0 Å². The summed E-state index contributed by atoms with van der Waals surface area (Å²) in [5, 5.41) is 0.801. The molecule has 0 aliphatic heterocycles. The van der Waals surface area contributed by atoms with Crippen LogP contribution >= 0.6 is 23.2 Å². The molecule has 1 atom stereocenters. The van der Waals surface area contributed by atoms with Gasteiger partial charge in [-0.2, -0.15) is 0 Å². The summed E-state index contributed by atoms with van der Waals surface area (Å²) in [6.45, 7) is 4.34. The molecule has 0 bridgehead atoms. The third-order valence-corrected chi connectivity index (χ3v) is 5.12. The van der Waals surface area contributed by atoms with Gasteiger partial charge in [-0.15, -0.1) is 11.6 Å². The number of aromatic nitrogens is 2. The van der Waals surface area contributed by atoms with Gasteiger partial charge in [0.1, 0.15) is 5.82 Å². The van der Waals surface area contributed by atoms with Crippen molar-refractivity contribution in [1.82, 2.24) is 9.55 Å². The van der Waals surface area contributed by atoms with Crippen LogP contribution in [0, 0.1) is 12.8 Å². The van der Waals surface area contributed by atoms with E-state index in [0.717, 1.165) is 33.4 Å². The normalized spacial score (nSPS) is 17.7. The molecule has 0 N–H and O–H groups in total. The van der Waals surface area contributed by atoms with Gasteiger partial charge in [0.05, 0.1) is 16.9 Å². The molecule has 1 aromatic heterocycles. The molecule has 1 saturated carbocycles. The van der Waals surface area contributed by atoms with Crippen molar-refractivity contribution in [3.05, 3.63) is 28.5 Å². The minimum absolute atomic E-state index is 0.447. The van der Waals surface area contributed by atoms with Crippen molar-refractivity contribution >= 4 is 34.2 Å². The SMILES string of the molecule is Cc1c(Cl)ccc2nc(CCl)n(C(C)C3CCC3)c12. The van der Waals surface area contributed by atoms with E-state index >= 15 is 0 Å². The smallest absolute Gasteiger partial charge is 0.125 e. The van der Waals surface area contributed by atoms with Gasteiger partial charge in [0.2, 0.25) is 0 Å². The van der Waals surface area contributed by atoms with Crippen LogP contribution in [0.4, 0.5) is 0 Å². The van der Waals surface area contributed by atoms with Gasteiger partial charge in [-0.05, 0) is 50.3 Å². The van der Waals surface area contributed by atoms with Crippen LogP contribution in [0.1, 0.15) is 43.6 Å². The number of hydrogen-bond donors (Lipinski definition) is 0. The van der Waals surface area contributed by atoms with Crippen molar-refractivity contribution in [3.63, 3.8) is 0 Å². The number of fused-ring (bicyclic) bond motifs is 1. The predicted molar refractivity (Wildman–Crippen MR) is 81.1 cm³/mol. The van der Waals surface area contributed by atoms with Gasteiger partial charge in [-0.25, -0.2) is 4.98 Å². The van der Waals surface area contributed by atoms with Crippen LogP contribution in [0.5, 0.6) is 0 Å². The fourth-order valence-electron chi connectivity index (χ4n) is 3.04. The minimum Gasteiger partial charge on any atom is -0.324 e. The summed E-state index contributed by atoms with van der Waals surface area (Å²) in [7, 11) is 0. The molecule has 0 amide bonds. The van der Waals surface area contributed by atoms with Crippen molar-refractivity contribution in [2.24, 2.45) is 5.92 Å². The maximum atomic E-state index is 6.27. The highest BCUT2D eigenvalue weighted by atomic mass is 35.5. The number of imidazole rings is 1. The Morgan fingerprint density at radius 2 is 2.16 bits per heavy atom. The van der Waals surface area contributed by atoms with E-state index < -0.39 is 0 Å². The van der Waals surface area contributed by atoms with Crippen molar-refractivity contribution in [2.45, 2.75) is 45.0 Å². The highest BCUT2D eigenvalue weighted by Crippen LogP contribution is 2.39. The molecular formula is C15H18Cl2N2. The largest absolute Gasteiger partial charge is 0.324 e. The van der Waals surface area contributed by atoms with E-state index in [2.05, 4.69) is 23.4 Å². The molecule has 0 saturated heterocycles. The number of rotatable bonds is 3. The fraction of sp³-hybridized carbons (Fsp3) is 0.533. The van der Waals surface area contributed by atoms with Crippen LogP contribution in [-0.4, -0.2) is 9.55 Å². The number of alkyl halides is 1. The second-order valence-electron chi connectivity index (χ2n) is 5.50. The molecule has 1 heterocycles. The van der Waals surface area contributed by atoms with E-state index in [4.69, 9.17) is 23.2 Å². The summed E-state index contributed by atoms with van der Waals surface area (Å²) >= 11 is 12.4. The number of hydrogen-bond acceptors (Lipinski definition) is 1. The van der Waals surface area contributed by atoms with Crippen LogP contribution in [0.25, 0.3) is 11.0 Å². The van der Waals surface area contributed by atoms with Crippen molar-refractivity contribution < 1.29 is 0 Å². The molecule has 1 fully saturated rings. The molecule has 1 unspecified atom stereocenters. The molecule has 102 valence electrons. The lowest BCUT2D eigenvalue weighted by Crippen LogP contribution is -2.24. The Morgan fingerprint density at radius 1 is 1.42 bits per heavy atom. The van der Waals surface area contributed by atoms with Crippen molar-refractivity contribution in [2.75, 3.05) is 0 Å². The lowest BCUT2D eigenvalue weighted by Gasteiger charge is -2.33. The molecule has 2 nitrogen and oxygen atoms in total. The van der Waals surface area contributed by atoms with Crippen LogP contribution in [0.15, 0.2) is 12.1 Å². The molecular weight excluding hydrogens is 279 g/mol. The zero-order valence-corrected chi connectivity index (χ0v) is 12.8. The molecule has 0 spiro atoms. The first-order valence-corrected chi connectivity index (χ1v) is 7.76. The lowest BCUT2D eigenvalue weighted by molar-refractivity contribution is 0.223. The number of halogens is 2. The molecule has 4 heteroatoms. The average Bonchev–Trinajstić information content (AvgIpc) is 2.71. The molecule has 1 aliphatic carbocycles. The Bertz CT molecular complexity index is 614. The number of aryl methyl sites for hydroxylation is 1. The molecule has 1 aromatic carbocycles. The average molecular weight is 297 g/mol. The number of nitrogens with zero attached hydrogens (tertiary/aromatic N) is 2. The summed E-state index contributed by atoms with van der Waals surface area (Å²) in [6, 6.07) is 4.36. The van der Waals surface area contributed by atoms with Crippen LogP contribution < -0.4 is 0 Å². The van der Waals surface area contributed by atoms with E-state index in [-0.39, 0.29) is 0 Å². The van der Waals surface area contributed by atoms with Gasteiger partial charge < -0.3 is 4.57 Å². The minimum atomic E-state index is 0.447. The van der Waals surface area contributed by atoms with Gasteiger partial charge in [-0.3, -0.25) is 0 Å². The van der Waals surface area contributed by atoms with Gasteiger partial charge in [0.25, 0.3) is 0 Å². The van der Waals surface area contributed by atoms with E-state index in [1.807, 2.05) is 12.1 Å². The quantitative estimate of drug-likeness (QED) is 0.721. The Balaban J connectivity index is 2.21. The van der Waals surface area contributed by atoms with Crippen LogP contribution in [-0.2, 0) is 5.88 Å². The monoisotopic (exact) mass is 296 g/mol. The number of benzene rings is 1. The summed E-state index contributed by atoms with van der Waals surface area (Å²) < 4.78 is 2.31. The summed E-state index contributed by atoms with van der Waals surface area (Å²) in [4.78, 5) is 4.67. The van der Waals surface area contributed by atoms with E-state index in [0.29, 0.717) is 11.9 Å². The van der Waals surface area contributed by atoms with Crippen LogP contribution in [0.3, 0.4) is 0 Å². The van der Waals surface area contributed by atoms with Gasteiger partial charge >= 0.3 is 0 Å². The summed E-state index contributed by atoms with van der Waals surface area (Å²) in [5.74, 6) is 2.15. The highest BCUT2D eigenvalue weighted by Gasteiger charge is 2.28. The maximum absolute atomic E-state index is 6.27. The zero-order valence-electron chi connectivity index (χ0n) is 11.3. The lowest BCUT2D eigenvalue weighted by atomic mass is 9.80. The first kappa shape index (κ1) is 13.3. The Labute approximate surface area is 123 Å². The standard InChI is InChI=1S/C15H18Cl2N2/c1-9-12(17)6-7-13-15(9)19(14(8-16)18-13)10(2)11-4-3-5-11/h6-7,10-11H,3-5,8H2,1-2H3. The highest BCUT2D eigenvalue weighted by molar-refractivity contribution is 6.32. The van der Waals surface area contributed by atoms with Crippen molar-refractivity contribution in [3.8, 4) is 0 Å². The van der Waals surface area contributed by atoms with Crippen LogP contribution in [0.2, 0.25) is 5.02 Å².